The highest BCUT2D eigenvalue weighted by Gasteiger charge is 2.62. The first-order chi connectivity index (χ1) is 13.7. The third-order valence-electron chi connectivity index (χ3n) is 4.85. The number of carbonyl (C=O) groups excluding carboxylic acids is 1. The van der Waals surface area contributed by atoms with Gasteiger partial charge in [-0.05, 0) is 43.2 Å². The molecule has 2 atom stereocenters. The molecule has 0 aromatic heterocycles. The standard InChI is InChI=1S/C18H21BN2O7S/c1-19(24)21-12-13(22)11-18(21,17(23)20-25)29(26,27)16-9-7-15(8-10-16)28-14-5-3-2-4-6-14/h2-10,13,22,24-25H,11-12H2,1H3,(H,20,23)/t13-,18?/m1/s1. The fourth-order valence-corrected chi connectivity index (χ4v) is 5.65. The van der Waals surface area contributed by atoms with Gasteiger partial charge < -0.3 is 14.9 Å². The fourth-order valence-electron chi connectivity index (χ4n) is 3.53. The predicted octanol–water partition coefficient (Wildman–Crippen LogP) is 0.631. The van der Waals surface area contributed by atoms with E-state index in [2.05, 4.69) is 0 Å². The van der Waals surface area contributed by atoms with Gasteiger partial charge in [-0.1, -0.05) is 18.2 Å². The number of aliphatic hydroxyl groups is 1. The molecular weight excluding hydrogens is 399 g/mol. The molecule has 154 valence electrons. The van der Waals surface area contributed by atoms with Crippen molar-refractivity contribution in [2.45, 2.75) is 29.1 Å². The van der Waals surface area contributed by atoms with Gasteiger partial charge in [-0.15, -0.1) is 0 Å². The molecule has 1 aliphatic rings. The van der Waals surface area contributed by atoms with E-state index >= 15 is 0 Å². The molecule has 4 N–H and O–H groups in total. The Labute approximate surface area is 168 Å². The van der Waals surface area contributed by atoms with Crippen LogP contribution in [0.4, 0.5) is 0 Å². The molecule has 9 nitrogen and oxygen atoms in total. The van der Waals surface area contributed by atoms with E-state index in [1.807, 2.05) is 6.07 Å². The predicted molar refractivity (Wildman–Crippen MR) is 104 cm³/mol. The summed E-state index contributed by atoms with van der Waals surface area (Å²) in [6, 6.07) is 14.3. The molecule has 1 unspecified atom stereocenters. The number of nitrogens with one attached hydrogen (secondary N) is 1. The van der Waals surface area contributed by atoms with Crippen LogP contribution in [0.15, 0.2) is 59.5 Å². The second-order valence-electron chi connectivity index (χ2n) is 6.76. The smallest absolute Gasteiger partial charge is 0.378 e. The molecule has 0 bridgehead atoms. The number of β-amino-alcohol motifs (C(OH)–C–C–N with tert-alkyl or cyclic N) is 1. The normalized spacial score (nSPS) is 22.3. The summed E-state index contributed by atoms with van der Waals surface area (Å²) in [5.41, 5.74) is 1.37. The number of sulfone groups is 1. The zero-order chi connectivity index (χ0) is 21.2. The van der Waals surface area contributed by atoms with Crippen LogP contribution in [-0.2, 0) is 14.6 Å². The number of hydrogen-bond donors (Lipinski definition) is 4. The topological polar surface area (TPSA) is 136 Å². The molecule has 1 fully saturated rings. The van der Waals surface area contributed by atoms with Crippen molar-refractivity contribution in [2.75, 3.05) is 6.54 Å². The summed E-state index contributed by atoms with van der Waals surface area (Å²) in [4.78, 5) is 10.9. The van der Waals surface area contributed by atoms with Crippen molar-refractivity contribution in [1.29, 1.82) is 0 Å². The highest BCUT2D eigenvalue weighted by Crippen LogP contribution is 2.40. The molecule has 0 saturated carbocycles. The maximum Gasteiger partial charge on any atom is 0.378 e. The summed E-state index contributed by atoms with van der Waals surface area (Å²) in [5.74, 6) is -0.298. The van der Waals surface area contributed by atoms with E-state index in [0.29, 0.717) is 11.5 Å². The highest BCUT2D eigenvalue weighted by molar-refractivity contribution is 7.93. The first-order valence-corrected chi connectivity index (χ1v) is 10.4. The fraction of sp³-hybridized carbons (Fsp3) is 0.278. The van der Waals surface area contributed by atoms with Gasteiger partial charge in [0.05, 0.1) is 11.0 Å². The van der Waals surface area contributed by atoms with Crippen molar-refractivity contribution in [3.63, 3.8) is 0 Å². The molecule has 2 aromatic rings. The van der Waals surface area contributed by atoms with E-state index < -0.39 is 40.2 Å². The monoisotopic (exact) mass is 420 g/mol. The Morgan fingerprint density at radius 1 is 1.17 bits per heavy atom. The number of hydrogen-bond acceptors (Lipinski definition) is 8. The minimum Gasteiger partial charge on any atom is -0.457 e. The van der Waals surface area contributed by atoms with Gasteiger partial charge in [0.15, 0.2) is 0 Å². The van der Waals surface area contributed by atoms with Crippen LogP contribution in [0.3, 0.4) is 0 Å². The van der Waals surface area contributed by atoms with E-state index in [4.69, 9.17) is 4.74 Å². The van der Waals surface area contributed by atoms with Gasteiger partial charge in [-0.3, -0.25) is 14.8 Å². The SMILES string of the molecule is CB(O)N1C[C@H](O)CC1(C(=O)NO)S(=O)(=O)c1ccc(Oc2ccccc2)cc1. The zero-order valence-electron chi connectivity index (χ0n) is 15.6. The quantitative estimate of drug-likeness (QED) is 0.304. The minimum atomic E-state index is -4.45. The van der Waals surface area contributed by atoms with Crippen LogP contribution in [-0.4, -0.2) is 59.0 Å². The van der Waals surface area contributed by atoms with E-state index in [-0.39, 0.29) is 11.4 Å². The van der Waals surface area contributed by atoms with Gasteiger partial charge in [0.25, 0.3) is 5.91 Å². The van der Waals surface area contributed by atoms with Crippen LogP contribution in [0.1, 0.15) is 6.42 Å². The molecule has 1 heterocycles. The third kappa shape index (κ3) is 3.75. The molecule has 1 aliphatic heterocycles. The summed E-state index contributed by atoms with van der Waals surface area (Å²) in [6.07, 6.45) is -1.69. The van der Waals surface area contributed by atoms with Gasteiger partial charge in [-0.25, -0.2) is 13.9 Å². The number of ether oxygens (including phenoxy) is 1. The number of hydroxylamine groups is 1. The lowest BCUT2D eigenvalue weighted by atomic mass is 9.84. The Balaban J connectivity index is 2.00. The number of para-hydroxylation sites is 1. The molecule has 0 spiro atoms. The lowest BCUT2D eigenvalue weighted by Gasteiger charge is -2.36. The molecule has 1 amide bonds. The Hall–Kier alpha value is -2.44. The highest BCUT2D eigenvalue weighted by atomic mass is 32.2. The largest absolute Gasteiger partial charge is 0.457 e. The van der Waals surface area contributed by atoms with E-state index in [1.54, 1.807) is 24.3 Å². The number of carbonyl (C=O) groups is 1. The van der Waals surface area contributed by atoms with Crippen LogP contribution in [0.2, 0.25) is 6.82 Å². The average Bonchev–Trinajstić information content (AvgIpc) is 3.08. The van der Waals surface area contributed by atoms with E-state index in [9.17, 15) is 28.6 Å². The number of nitrogens with zero attached hydrogens (tertiary/aromatic N) is 1. The van der Waals surface area contributed by atoms with Crippen LogP contribution < -0.4 is 10.2 Å². The van der Waals surface area contributed by atoms with Crippen LogP contribution >= 0.6 is 0 Å². The van der Waals surface area contributed by atoms with Gasteiger partial charge in [0.1, 0.15) is 11.5 Å². The first-order valence-electron chi connectivity index (χ1n) is 8.87. The molecule has 2 aromatic carbocycles. The van der Waals surface area contributed by atoms with Crippen molar-refractivity contribution >= 4 is 22.8 Å². The Bertz CT molecular complexity index is 969. The molecule has 3 rings (SSSR count). The maximum atomic E-state index is 13.4. The van der Waals surface area contributed by atoms with E-state index in [1.165, 1.54) is 36.6 Å². The molecule has 11 heteroatoms. The van der Waals surface area contributed by atoms with Crippen molar-refractivity contribution < 1.29 is 33.3 Å². The first kappa shape index (κ1) is 21.3. The number of amides is 1. The van der Waals surface area contributed by atoms with Gasteiger partial charge >= 0.3 is 7.05 Å². The summed E-state index contributed by atoms with van der Waals surface area (Å²) in [6.45, 7) is 1.03. The van der Waals surface area contributed by atoms with Crippen LogP contribution in [0.25, 0.3) is 0 Å². The van der Waals surface area contributed by atoms with Crippen LogP contribution in [0, 0.1) is 0 Å². The van der Waals surface area contributed by atoms with Gasteiger partial charge in [0.2, 0.25) is 14.7 Å². The van der Waals surface area contributed by atoms with Crippen molar-refractivity contribution in [3.05, 3.63) is 54.6 Å². The molecule has 0 radical (unpaired) electrons. The summed E-state index contributed by atoms with van der Waals surface area (Å²) in [7, 11) is -5.81. The van der Waals surface area contributed by atoms with Crippen molar-refractivity contribution in [1.82, 2.24) is 10.3 Å². The zero-order valence-corrected chi connectivity index (χ0v) is 16.4. The Morgan fingerprint density at radius 2 is 1.76 bits per heavy atom. The average molecular weight is 420 g/mol. The van der Waals surface area contributed by atoms with Gasteiger partial charge in [-0.2, -0.15) is 0 Å². The number of aliphatic hydroxyl groups excluding tert-OH is 1. The molecule has 29 heavy (non-hydrogen) atoms. The van der Waals surface area contributed by atoms with E-state index in [0.717, 1.165) is 4.81 Å². The summed E-state index contributed by atoms with van der Waals surface area (Å²) >= 11 is 0. The molecule has 0 aliphatic carbocycles. The third-order valence-corrected chi connectivity index (χ3v) is 7.22. The van der Waals surface area contributed by atoms with Crippen molar-refractivity contribution in [3.8, 4) is 11.5 Å². The van der Waals surface area contributed by atoms with Crippen LogP contribution in [0.5, 0.6) is 11.5 Å². The lowest BCUT2D eigenvalue weighted by molar-refractivity contribution is -0.134. The number of rotatable bonds is 6. The van der Waals surface area contributed by atoms with Gasteiger partial charge in [0, 0.05) is 13.0 Å². The second-order valence-corrected chi connectivity index (χ2v) is 8.91. The lowest BCUT2D eigenvalue weighted by Crippen LogP contribution is -2.63. The molecular formula is C18H21BN2O7S. The Morgan fingerprint density at radius 3 is 2.31 bits per heavy atom. The maximum absolute atomic E-state index is 13.4. The van der Waals surface area contributed by atoms with Crippen molar-refractivity contribution in [2.24, 2.45) is 0 Å². The second kappa shape index (κ2) is 8.13. The minimum absolute atomic E-state index is 0.221. The summed E-state index contributed by atoms with van der Waals surface area (Å²) in [5, 5.41) is 29.3. The Kier molecular flexibility index (Phi) is 5.96. The number of benzene rings is 2. The molecule has 1 saturated heterocycles. The summed E-state index contributed by atoms with van der Waals surface area (Å²) < 4.78 is 32.5.